The molecule has 216 valence electrons. The fourth-order valence-electron chi connectivity index (χ4n) is 4.21. The summed E-state index contributed by atoms with van der Waals surface area (Å²) in [6.07, 6.45) is 6.97. The maximum absolute atomic E-state index is 14.1. The number of para-hydroxylation sites is 1. The molecule has 9 heteroatoms. The average molecular weight is 552 g/mol. The predicted molar refractivity (Wildman–Crippen MR) is 155 cm³/mol. The zero-order chi connectivity index (χ0) is 28.7. The first-order chi connectivity index (χ1) is 17.9. The summed E-state index contributed by atoms with van der Waals surface area (Å²) in [6, 6.07) is 4.62. The Morgan fingerprint density at radius 1 is 1.03 bits per heavy atom. The lowest BCUT2D eigenvalue weighted by atomic mass is 10.00. The van der Waals surface area contributed by atoms with Crippen LogP contribution in [-0.4, -0.2) is 64.2 Å². The van der Waals surface area contributed by atoms with Crippen molar-refractivity contribution >= 4 is 29.7 Å². The molecular formula is C29H49N3O5S. The monoisotopic (exact) mass is 551 g/mol. The van der Waals surface area contributed by atoms with Crippen LogP contribution in [0.3, 0.4) is 0 Å². The smallest absolute Gasteiger partial charge is 0.408 e. The summed E-state index contributed by atoms with van der Waals surface area (Å²) >= 11 is 1.57. The summed E-state index contributed by atoms with van der Waals surface area (Å²) in [4.78, 5) is 42.1. The first-order valence-corrected chi connectivity index (χ1v) is 15.2. The van der Waals surface area contributed by atoms with Crippen LogP contribution in [0.4, 0.5) is 4.79 Å². The quantitative estimate of drug-likeness (QED) is 0.224. The number of phenols is 1. The lowest BCUT2D eigenvalue weighted by Crippen LogP contribution is -2.54. The number of amides is 3. The molecule has 3 amide bonds. The van der Waals surface area contributed by atoms with Gasteiger partial charge in [0.05, 0.1) is 0 Å². The van der Waals surface area contributed by atoms with Crippen LogP contribution in [0, 0.1) is 0 Å². The van der Waals surface area contributed by atoms with Gasteiger partial charge in [0.25, 0.3) is 0 Å². The Morgan fingerprint density at radius 2 is 1.71 bits per heavy atom. The van der Waals surface area contributed by atoms with E-state index in [-0.39, 0.29) is 23.6 Å². The molecule has 0 fully saturated rings. The van der Waals surface area contributed by atoms with Crippen molar-refractivity contribution in [2.75, 3.05) is 18.6 Å². The van der Waals surface area contributed by atoms with Gasteiger partial charge in [0, 0.05) is 18.2 Å². The van der Waals surface area contributed by atoms with Gasteiger partial charge in [-0.05, 0) is 65.0 Å². The third kappa shape index (κ3) is 12.0. The molecule has 0 aliphatic rings. The Kier molecular flexibility index (Phi) is 15.2. The van der Waals surface area contributed by atoms with Crippen LogP contribution in [0.25, 0.3) is 0 Å². The fraction of sp³-hybridized carbons (Fsp3) is 0.690. The van der Waals surface area contributed by atoms with Gasteiger partial charge in [-0.1, -0.05) is 57.7 Å². The summed E-state index contributed by atoms with van der Waals surface area (Å²) in [7, 11) is 0. The van der Waals surface area contributed by atoms with E-state index in [1.165, 1.54) is 11.0 Å². The number of phenolic OH excluding ortho intramolecular Hbond substituents is 1. The van der Waals surface area contributed by atoms with Gasteiger partial charge >= 0.3 is 6.09 Å². The summed E-state index contributed by atoms with van der Waals surface area (Å²) < 4.78 is 5.44. The second-order valence-electron chi connectivity index (χ2n) is 10.7. The molecule has 0 heterocycles. The molecule has 1 aromatic carbocycles. The Balaban J connectivity index is 3.48. The number of nitrogens with one attached hydrogen (secondary N) is 2. The van der Waals surface area contributed by atoms with Gasteiger partial charge < -0.3 is 25.4 Å². The molecule has 3 atom stereocenters. The number of aromatic hydroxyl groups is 1. The van der Waals surface area contributed by atoms with Crippen LogP contribution in [0.5, 0.6) is 5.75 Å². The highest BCUT2D eigenvalue weighted by atomic mass is 32.2. The van der Waals surface area contributed by atoms with Crippen LogP contribution in [-0.2, 0) is 14.3 Å². The van der Waals surface area contributed by atoms with Gasteiger partial charge in [-0.15, -0.1) is 0 Å². The maximum Gasteiger partial charge on any atom is 0.408 e. The van der Waals surface area contributed by atoms with Gasteiger partial charge in [0.1, 0.15) is 23.4 Å². The fourth-order valence-corrected chi connectivity index (χ4v) is 4.69. The van der Waals surface area contributed by atoms with Crippen molar-refractivity contribution in [1.29, 1.82) is 0 Å². The van der Waals surface area contributed by atoms with Crippen LogP contribution in [0.15, 0.2) is 24.3 Å². The van der Waals surface area contributed by atoms with Crippen molar-refractivity contribution < 1.29 is 24.2 Å². The highest BCUT2D eigenvalue weighted by molar-refractivity contribution is 7.98. The third-order valence-corrected chi connectivity index (χ3v) is 6.68. The molecule has 3 unspecified atom stereocenters. The predicted octanol–water partition coefficient (Wildman–Crippen LogP) is 5.79. The topological polar surface area (TPSA) is 108 Å². The Labute approximate surface area is 233 Å². The molecule has 0 saturated heterocycles. The summed E-state index contributed by atoms with van der Waals surface area (Å²) in [6.45, 7) is 11.7. The molecule has 0 aliphatic heterocycles. The highest BCUT2D eigenvalue weighted by Crippen LogP contribution is 2.30. The van der Waals surface area contributed by atoms with Gasteiger partial charge in [0.2, 0.25) is 11.8 Å². The highest BCUT2D eigenvalue weighted by Gasteiger charge is 2.37. The van der Waals surface area contributed by atoms with Gasteiger partial charge in [-0.2, -0.15) is 11.8 Å². The van der Waals surface area contributed by atoms with Crippen molar-refractivity contribution in [2.24, 2.45) is 0 Å². The van der Waals surface area contributed by atoms with Crippen molar-refractivity contribution in [3.63, 3.8) is 0 Å². The van der Waals surface area contributed by atoms with E-state index in [9.17, 15) is 19.5 Å². The molecule has 0 spiro atoms. The molecule has 3 N–H and O–H groups in total. The van der Waals surface area contributed by atoms with E-state index in [0.29, 0.717) is 30.7 Å². The number of alkyl carbamates (subject to hydrolysis) is 1. The maximum atomic E-state index is 14.1. The molecule has 0 aromatic heterocycles. The number of ether oxygens (including phenoxy) is 1. The SMILES string of the molecule is CCCCCCN(C(=O)C(CCSC)NC(=O)OC(C)(C)C)C(C(=O)NC(C)CCC)c1ccccc1O. The summed E-state index contributed by atoms with van der Waals surface area (Å²) in [5.41, 5.74) is -0.358. The Bertz CT molecular complexity index is 874. The molecule has 0 saturated carbocycles. The van der Waals surface area contributed by atoms with Crippen molar-refractivity contribution in [1.82, 2.24) is 15.5 Å². The molecule has 38 heavy (non-hydrogen) atoms. The molecule has 8 nitrogen and oxygen atoms in total. The van der Waals surface area contributed by atoms with Gasteiger partial charge in [0.15, 0.2) is 0 Å². The van der Waals surface area contributed by atoms with Gasteiger partial charge in [-0.25, -0.2) is 4.79 Å². The Hall–Kier alpha value is -2.42. The largest absolute Gasteiger partial charge is 0.508 e. The standard InChI is InChI=1S/C29H49N3O5S/c1-8-10-11-14-19-32(27(35)23(18-20-38-7)31-28(36)37-29(4,5)6)25(22-16-12-13-17-24(22)33)26(34)30-21(3)15-9-2/h12-13,16-17,21,23,25,33H,8-11,14-15,18-20H2,1-7H3,(H,30,34)(H,31,36). The first-order valence-electron chi connectivity index (χ1n) is 13.8. The first kappa shape index (κ1) is 33.6. The number of carbonyl (C=O) groups is 3. The third-order valence-electron chi connectivity index (χ3n) is 6.04. The van der Waals surface area contributed by atoms with Gasteiger partial charge in [-0.3, -0.25) is 9.59 Å². The molecule has 0 aliphatic carbocycles. The van der Waals surface area contributed by atoms with Crippen LogP contribution >= 0.6 is 11.8 Å². The zero-order valence-electron chi connectivity index (χ0n) is 24.3. The molecule has 0 bridgehead atoms. The van der Waals surface area contributed by atoms with E-state index >= 15 is 0 Å². The van der Waals surface area contributed by atoms with Crippen molar-refractivity contribution in [3.05, 3.63) is 29.8 Å². The van der Waals surface area contributed by atoms with Crippen LogP contribution in [0.2, 0.25) is 0 Å². The number of rotatable bonds is 16. The van der Waals surface area contributed by atoms with E-state index in [1.807, 2.05) is 20.1 Å². The number of unbranched alkanes of at least 4 members (excludes halogenated alkanes) is 3. The minimum Gasteiger partial charge on any atom is -0.508 e. The number of thioether (sulfide) groups is 1. The minimum atomic E-state index is -1.04. The molecule has 1 rings (SSSR count). The van der Waals surface area contributed by atoms with Crippen LogP contribution in [0.1, 0.15) is 98.1 Å². The summed E-state index contributed by atoms with van der Waals surface area (Å²) in [5.74, 6) is -0.135. The Morgan fingerprint density at radius 3 is 2.29 bits per heavy atom. The lowest BCUT2D eigenvalue weighted by Gasteiger charge is -2.35. The number of nitrogens with zero attached hydrogens (tertiary/aromatic N) is 1. The summed E-state index contributed by atoms with van der Waals surface area (Å²) in [5, 5.41) is 16.5. The second kappa shape index (κ2) is 17.2. The average Bonchev–Trinajstić information content (AvgIpc) is 2.83. The normalized spacial score (nSPS) is 13.8. The zero-order valence-corrected chi connectivity index (χ0v) is 25.2. The van der Waals surface area contributed by atoms with Crippen LogP contribution < -0.4 is 10.6 Å². The van der Waals surface area contributed by atoms with E-state index in [2.05, 4.69) is 17.6 Å². The van der Waals surface area contributed by atoms with E-state index in [1.54, 1.807) is 50.7 Å². The molecule has 1 aromatic rings. The number of hydrogen-bond donors (Lipinski definition) is 3. The minimum absolute atomic E-state index is 0.0529. The lowest BCUT2D eigenvalue weighted by molar-refractivity contribution is -0.143. The van der Waals surface area contributed by atoms with E-state index < -0.39 is 23.8 Å². The molecular weight excluding hydrogens is 502 g/mol. The number of carbonyl (C=O) groups excluding carboxylic acids is 3. The number of benzene rings is 1. The molecule has 0 radical (unpaired) electrons. The number of hydrogen-bond acceptors (Lipinski definition) is 6. The van der Waals surface area contributed by atoms with Crippen molar-refractivity contribution in [2.45, 2.75) is 110 Å². The van der Waals surface area contributed by atoms with E-state index in [4.69, 9.17) is 4.74 Å². The van der Waals surface area contributed by atoms with Crippen molar-refractivity contribution in [3.8, 4) is 5.75 Å². The second-order valence-corrected chi connectivity index (χ2v) is 11.7. The van der Waals surface area contributed by atoms with E-state index in [0.717, 1.165) is 32.1 Å².